The summed E-state index contributed by atoms with van der Waals surface area (Å²) < 4.78 is 13.1. The minimum Gasteiger partial charge on any atom is -0.493 e. The van der Waals surface area contributed by atoms with Crippen molar-refractivity contribution in [2.45, 2.75) is 6.92 Å². The SMILES string of the molecule is CCOc1cc(I)c(Oc2cnc(N)nc2N)cc1I. The number of halogens is 2. The number of benzene rings is 1. The Hall–Kier alpha value is -1.04. The first-order chi connectivity index (χ1) is 9.51. The molecule has 0 fully saturated rings. The van der Waals surface area contributed by atoms with Crippen LogP contribution in [0.25, 0.3) is 0 Å². The van der Waals surface area contributed by atoms with Gasteiger partial charge in [0.15, 0.2) is 11.6 Å². The number of hydrogen-bond donors (Lipinski definition) is 2. The topological polar surface area (TPSA) is 96.3 Å². The molecule has 0 radical (unpaired) electrons. The first kappa shape index (κ1) is 15.4. The van der Waals surface area contributed by atoms with E-state index in [4.69, 9.17) is 20.9 Å². The van der Waals surface area contributed by atoms with Crippen molar-refractivity contribution < 1.29 is 9.47 Å². The maximum atomic E-state index is 5.75. The molecule has 0 saturated carbocycles. The summed E-state index contributed by atoms with van der Waals surface area (Å²) in [5, 5.41) is 0. The lowest BCUT2D eigenvalue weighted by atomic mass is 10.3. The van der Waals surface area contributed by atoms with Gasteiger partial charge in [-0.1, -0.05) is 0 Å². The van der Waals surface area contributed by atoms with Gasteiger partial charge >= 0.3 is 0 Å². The van der Waals surface area contributed by atoms with Crippen LogP contribution in [-0.4, -0.2) is 16.6 Å². The third-order valence-electron chi connectivity index (χ3n) is 2.31. The normalized spacial score (nSPS) is 10.3. The van der Waals surface area contributed by atoms with E-state index in [9.17, 15) is 0 Å². The lowest BCUT2D eigenvalue weighted by Gasteiger charge is -2.12. The van der Waals surface area contributed by atoms with Gasteiger partial charge in [-0.3, -0.25) is 0 Å². The Balaban J connectivity index is 2.31. The Morgan fingerprint density at radius 1 is 1.10 bits per heavy atom. The van der Waals surface area contributed by atoms with Crippen molar-refractivity contribution in [2.75, 3.05) is 18.1 Å². The second-order valence-corrected chi connectivity index (χ2v) is 6.05. The van der Waals surface area contributed by atoms with E-state index in [-0.39, 0.29) is 11.8 Å². The zero-order chi connectivity index (χ0) is 14.7. The molecule has 8 heteroatoms. The summed E-state index contributed by atoms with van der Waals surface area (Å²) in [7, 11) is 0. The average molecular weight is 498 g/mol. The number of aromatic nitrogens is 2. The minimum atomic E-state index is 0.117. The highest BCUT2D eigenvalue weighted by molar-refractivity contribution is 14.1. The molecule has 0 aliphatic rings. The molecule has 1 aromatic heterocycles. The quantitative estimate of drug-likeness (QED) is 0.630. The van der Waals surface area contributed by atoms with E-state index in [1.165, 1.54) is 6.20 Å². The highest BCUT2D eigenvalue weighted by atomic mass is 127. The number of hydrogen-bond acceptors (Lipinski definition) is 6. The summed E-state index contributed by atoms with van der Waals surface area (Å²) >= 11 is 4.36. The summed E-state index contributed by atoms with van der Waals surface area (Å²) in [5.74, 6) is 2.19. The third kappa shape index (κ3) is 3.53. The summed E-state index contributed by atoms with van der Waals surface area (Å²) in [6.45, 7) is 2.56. The van der Waals surface area contributed by atoms with Crippen molar-refractivity contribution >= 4 is 56.9 Å². The monoisotopic (exact) mass is 498 g/mol. The molecule has 2 rings (SSSR count). The maximum Gasteiger partial charge on any atom is 0.222 e. The van der Waals surface area contributed by atoms with E-state index in [0.29, 0.717) is 18.1 Å². The van der Waals surface area contributed by atoms with Crippen molar-refractivity contribution in [1.29, 1.82) is 0 Å². The van der Waals surface area contributed by atoms with E-state index < -0.39 is 0 Å². The number of rotatable bonds is 4. The smallest absolute Gasteiger partial charge is 0.222 e. The van der Waals surface area contributed by atoms with Gasteiger partial charge in [-0.15, -0.1) is 0 Å². The van der Waals surface area contributed by atoms with E-state index in [2.05, 4.69) is 55.1 Å². The fraction of sp³-hybridized carbons (Fsp3) is 0.167. The second-order valence-electron chi connectivity index (χ2n) is 3.73. The Morgan fingerprint density at radius 2 is 1.75 bits per heavy atom. The van der Waals surface area contributed by atoms with Gasteiger partial charge in [-0.25, -0.2) is 4.98 Å². The number of nitrogen functional groups attached to an aromatic ring is 2. The molecule has 2 aromatic rings. The molecule has 0 bridgehead atoms. The maximum absolute atomic E-state index is 5.75. The predicted octanol–water partition coefficient (Wildman–Crippen LogP) is 3.04. The standard InChI is InChI=1S/C12H12I2N4O2/c1-2-19-8-3-7(14)9(4-6(8)13)20-10-5-17-12(16)18-11(10)15/h3-5H,2H2,1H3,(H4,15,16,17,18). The summed E-state index contributed by atoms with van der Waals surface area (Å²) in [6, 6.07) is 3.79. The van der Waals surface area contributed by atoms with Gasteiger partial charge in [0.05, 0.1) is 19.9 Å². The number of ether oxygens (including phenoxy) is 2. The fourth-order valence-electron chi connectivity index (χ4n) is 1.45. The molecule has 0 amide bonds. The largest absolute Gasteiger partial charge is 0.493 e. The number of anilines is 2. The zero-order valence-electron chi connectivity index (χ0n) is 10.6. The molecule has 0 spiro atoms. The first-order valence-corrected chi connectivity index (χ1v) is 7.84. The van der Waals surface area contributed by atoms with Crippen LogP contribution < -0.4 is 20.9 Å². The molecule has 106 valence electrons. The Morgan fingerprint density at radius 3 is 2.40 bits per heavy atom. The molecule has 1 heterocycles. The number of nitrogens with two attached hydrogens (primary N) is 2. The van der Waals surface area contributed by atoms with Crippen LogP contribution in [0.3, 0.4) is 0 Å². The van der Waals surface area contributed by atoms with E-state index >= 15 is 0 Å². The highest BCUT2D eigenvalue weighted by Crippen LogP contribution is 2.35. The Bertz CT molecular complexity index is 637. The second kappa shape index (κ2) is 6.61. The number of nitrogens with zero attached hydrogens (tertiary/aromatic N) is 2. The van der Waals surface area contributed by atoms with Crippen molar-refractivity contribution in [2.24, 2.45) is 0 Å². The van der Waals surface area contributed by atoms with E-state index in [0.717, 1.165) is 12.9 Å². The van der Waals surface area contributed by atoms with Crippen LogP contribution in [0, 0.1) is 7.14 Å². The molecular weight excluding hydrogens is 486 g/mol. The van der Waals surface area contributed by atoms with Crippen LogP contribution in [0.1, 0.15) is 6.92 Å². The zero-order valence-corrected chi connectivity index (χ0v) is 14.9. The van der Waals surface area contributed by atoms with Crippen LogP contribution in [0.5, 0.6) is 17.2 Å². The summed E-state index contributed by atoms with van der Waals surface area (Å²) in [6.07, 6.45) is 1.46. The summed E-state index contributed by atoms with van der Waals surface area (Å²) in [4.78, 5) is 7.73. The molecule has 6 nitrogen and oxygen atoms in total. The summed E-state index contributed by atoms with van der Waals surface area (Å²) in [5.41, 5.74) is 11.2. The highest BCUT2D eigenvalue weighted by Gasteiger charge is 2.12. The molecule has 0 unspecified atom stereocenters. The van der Waals surface area contributed by atoms with Crippen LogP contribution in [0.4, 0.5) is 11.8 Å². The van der Waals surface area contributed by atoms with Crippen LogP contribution >= 0.6 is 45.2 Å². The van der Waals surface area contributed by atoms with Crippen molar-refractivity contribution in [1.82, 2.24) is 9.97 Å². The predicted molar refractivity (Wildman–Crippen MR) is 94.0 cm³/mol. The minimum absolute atomic E-state index is 0.117. The van der Waals surface area contributed by atoms with Gasteiger partial charge in [0.25, 0.3) is 0 Å². The average Bonchev–Trinajstić information content (AvgIpc) is 2.38. The van der Waals surface area contributed by atoms with E-state index in [1.807, 2.05) is 19.1 Å². The van der Waals surface area contributed by atoms with Gasteiger partial charge in [0.2, 0.25) is 5.95 Å². The Labute approximate surface area is 143 Å². The molecule has 0 atom stereocenters. The lowest BCUT2D eigenvalue weighted by Crippen LogP contribution is -2.02. The van der Waals surface area contributed by atoms with Gasteiger partial charge in [0.1, 0.15) is 11.5 Å². The van der Waals surface area contributed by atoms with Crippen LogP contribution in [0.2, 0.25) is 0 Å². The van der Waals surface area contributed by atoms with Crippen molar-refractivity contribution in [3.8, 4) is 17.2 Å². The fourth-order valence-corrected chi connectivity index (χ4v) is 2.59. The third-order valence-corrected chi connectivity index (χ3v) is 3.99. The molecule has 0 aliphatic carbocycles. The molecule has 0 aliphatic heterocycles. The van der Waals surface area contributed by atoms with Crippen molar-refractivity contribution in [3.05, 3.63) is 25.5 Å². The van der Waals surface area contributed by atoms with Crippen LogP contribution in [-0.2, 0) is 0 Å². The van der Waals surface area contributed by atoms with Crippen LogP contribution in [0.15, 0.2) is 18.3 Å². The first-order valence-electron chi connectivity index (χ1n) is 5.69. The Kier molecular flexibility index (Phi) is 5.07. The molecule has 4 N–H and O–H groups in total. The van der Waals surface area contributed by atoms with Gasteiger partial charge in [-0.2, -0.15) is 4.98 Å². The van der Waals surface area contributed by atoms with Gasteiger partial charge in [0, 0.05) is 0 Å². The molecule has 0 saturated heterocycles. The molecule has 20 heavy (non-hydrogen) atoms. The van der Waals surface area contributed by atoms with E-state index in [1.54, 1.807) is 0 Å². The van der Waals surface area contributed by atoms with Gasteiger partial charge < -0.3 is 20.9 Å². The van der Waals surface area contributed by atoms with Gasteiger partial charge in [-0.05, 0) is 64.2 Å². The molecular formula is C12H12I2N4O2. The lowest BCUT2D eigenvalue weighted by molar-refractivity contribution is 0.336. The molecule has 1 aromatic carbocycles. The van der Waals surface area contributed by atoms with Crippen molar-refractivity contribution in [3.63, 3.8) is 0 Å².